The summed E-state index contributed by atoms with van der Waals surface area (Å²) in [6.07, 6.45) is 0.653. The summed E-state index contributed by atoms with van der Waals surface area (Å²) in [4.78, 5) is 43.2. The Bertz CT molecular complexity index is 841. The molecule has 162 valence electrons. The molecule has 0 bridgehead atoms. The molecule has 8 heteroatoms. The summed E-state index contributed by atoms with van der Waals surface area (Å²) in [6.45, 7) is 5.02. The number of nitrogens with zero attached hydrogens (tertiary/aromatic N) is 3. The number of amides is 3. The normalized spacial score (nSPS) is 17.7. The fraction of sp³-hybridized carbons (Fsp3) is 0.500. The molecule has 1 aromatic carbocycles. The SMILES string of the molecule is CCOC(=O)N1CCC(N2C(=O)C(c3ccc(C)cc3)=C(N(C)CCO)C2=O)CC1. The van der Waals surface area contributed by atoms with Crippen LogP contribution in [0.15, 0.2) is 30.0 Å². The van der Waals surface area contributed by atoms with E-state index in [1.54, 1.807) is 23.8 Å². The average molecular weight is 415 g/mol. The summed E-state index contributed by atoms with van der Waals surface area (Å²) in [6, 6.07) is 7.22. The molecule has 1 aromatic rings. The highest BCUT2D eigenvalue weighted by Gasteiger charge is 2.45. The maximum absolute atomic E-state index is 13.4. The molecule has 8 nitrogen and oxygen atoms in total. The fourth-order valence-corrected chi connectivity index (χ4v) is 3.98. The highest BCUT2D eigenvalue weighted by molar-refractivity contribution is 6.35. The molecule has 0 aromatic heterocycles. The van der Waals surface area contributed by atoms with E-state index in [1.807, 2.05) is 31.2 Å². The van der Waals surface area contributed by atoms with Gasteiger partial charge in [-0.2, -0.15) is 0 Å². The lowest BCUT2D eigenvalue weighted by molar-refractivity contribution is -0.141. The number of aliphatic hydroxyl groups excluding tert-OH is 1. The number of piperidine rings is 1. The van der Waals surface area contributed by atoms with Crippen molar-refractivity contribution in [3.63, 3.8) is 0 Å². The third-order valence-corrected chi connectivity index (χ3v) is 5.60. The van der Waals surface area contributed by atoms with E-state index in [0.29, 0.717) is 49.4 Å². The van der Waals surface area contributed by atoms with Crippen LogP contribution in [-0.2, 0) is 14.3 Å². The number of imide groups is 1. The van der Waals surface area contributed by atoms with Crippen LogP contribution in [0.3, 0.4) is 0 Å². The maximum atomic E-state index is 13.4. The second-order valence-corrected chi connectivity index (χ2v) is 7.63. The summed E-state index contributed by atoms with van der Waals surface area (Å²) in [7, 11) is 1.71. The van der Waals surface area contributed by atoms with Gasteiger partial charge in [0, 0.05) is 32.7 Å². The average Bonchev–Trinajstić information content (AvgIpc) is 2.99. The Morgan fingerprint density at radius 1 is 1.17 bits per heavy atom. The predicted molar refractivity (Wildman–Crippen MR) is 111 cm³/mol. The number of ether oxygens (including phenoxy) is 1. The van der Waals surface area contributed by atoms with Gasteiger partial charge in [-0.3, -0.25) is 14.5 Å². The third-order valence-electron chi connectivity index (χ3n) is 5.60. The lowest BCUT2D eigenvalue weighted by Gasteiger charge is -2.35. The lowest BCUT2D eigenvalue weighted by Crippen LogP contribution is -2.49. The number of rotatable bonds is 6. The van der Waals surface area contributed by atoms with E-state index in [0.717, 1.165) is 5.56 Å². The van der Waals surface area contributed by atoms with Crippen LogP contribution in [0.4, 0.5) is 4.79 Å². The van der Waals surface area contributed by atoms with Crippen LogP contribution in [0.1, 0.15) is 30.9 Å². The van der Waals surface area contributed by atoms with Crippen molar-refractivity contribution in [1.29, 1.82) is 0 Å². The van der Waals surface area contributed by atoms with Crippen molar-refractivity contribution in [1.82, 2.24) is 14.7 Å². The van der Waals surface area contributed by atoms with Crippen molar-refractivity contribution < 1.29 is 24.2 Å². The van der Waals surface area contributed by atoms with Gasteiger partial charge in [0.2, 0.25) is 0 Å². The van der Waals surface area contributed by atoms with Crippen LogP contribution in [0.25, 0.3) is 5.57 Å². The van der Waals surface area contributed by atoms with Gasteiger partial charge in [0.05, 0.1) is 18.8 Å². The van der Waals surface area contributed by atoms with E-state index < -0.39 is 0 Å². The minimum Gasteiger partial charge on any atom is -0.450 e. The molecule has 0 radical (unpaired) electrons. The van der Waals surface area contributed by atoms with E-state index in [4.69, 9.17) is 4.74 Å². The van der Waals surface area contributed by atoms with Crippen LogP contribution >= 0.6 is 0 Å². The second kappa shape index (κ2) is 9.30. The van der Waals surface area contributed by atoms with Crippen molar-refractivity contribution in [2.45, 2.75) is 32.7 Å². The van der Waals surface area contributed by atoms with Crippen molar-refractivity contribution in [3.8, 4) is 0 Å². The Morgan fingerprint density at radius 3 is 2.37 bits per heavy atom. The second-order valence-electron chi connectivity index (χ2n) is 7.63. The summed E-state index contributed by atoms with van der Waals surface area (Å²) in [5, 5.41) is 9.36. The van der Waals surface area contributed by atoms with Gasteiger partial charge in [-0.05, 0) is 32.3 Å². The van der Waals surface area contributed by atoms with Crippen LogP contribution < -0.4 is 0 Å². The molecule has 1 fully saturated rings. The van der Waals surface area contributed by atoms with Gasteiger partial charge in [-0.1, -0.05) is 29.8 Å². The first kappa shape index (κ1) is 21.8. The van der Waals surface area contributed by atoms with Gasteiger partial charge in [0.15, 0.2) is 0 Å². The molecule has 1 N–H and O–H groups in total. The van der Waals surface area contributed by atoms with Gasteiger partial charge in [0.25, 0.3) is 11.8 Å². The lowest BCUT2D eigenvalue weighted by atomic mass is 10.0. The standard InChI is InChI=1S/C22H29N3O5/c1-4-30-22(29)24-11-9-17(10-12-24)25-20(27)18(16-7-5-15(2)6-8-16)19(21(25)28)23(3)13-14-26/h5-8,17,26H,4,9-14H2,1-3H3. The number of carbonyl (C=O) groups is 3. The van der Waals surface area contributed by atoms with Crippen LogP contribution in [0, 0.1) is 6.92 Å². The molecule has 1 saturated heterocycles. The molecular weight excluding hydrogens is 386 g/mol. The highest BCUT2D eigenvalue weighted by Crippen LogP contribution is 2.34. The quantitative estimate of drug-likeness (QED) is 0.710. The van der Waals surface area contributed by atoms with Gasteiger partial charge in [-0.25, -0.2) is 4.79 Å². The first-order valence-corrected chi connectivity index (χ1v) is 10.3. The molecule has 0 saturated carbocycles. The van der Waals surface area contributed by atoms with E-state index in [9.17, 15) is 19.5 Å². The smallest absolute Gasteiger partial charge is 0.409 e. The number of likely N-dealkylation sites (tertiary alicyclic amines) is 1. The van der Waals surface area contributed by atoms with Crippen LogP contribution in [0.5, 0.6) is 0 Å². The van der Waals surface area contributed by atoms with Crippen molar-refractivity contribution in [3.05, 3.63) is 41.1 Å². The topological polar surface area (TPSA) is 90.4 Å². The van der Waals surface area contributed by atoms with Gasteiger partial charge < -0.3 is 19.6 Å². The van der Waals surface area contributed by atoms with Crippen LogP contribution in [-0.4, -0.2) is 83.7 Å². The van der Waals surface area contributed by atoms with Gasteiger partial charge >= 0.3 is 6.09 Å². The van der Waals surface area contributed by atoms with Crippen molar-refractivity contribution in [2.24, 2.45) is 0 Å². The summed E-state index contributed by atoms with van der Waals surface area (Å²) < 4.78 is 5.05. The zero-order valence-corrected chi connectivity index (χ0v) is 17.8. The molecule has 3 amide bonds. The molecule has 0 atom stereocenters. The van der Waals surface area contributed by atoms with Crippen molar-refractivity contribution >= 4 is 23.5 Å². The van der Waals surface area contributed by atoms with E-state index >= 15 is 0 Å². The van der Waals surface area contributed by atoms with Crippen molar-refractivity contribution in [2.75, 3.05) is 39.9 Å². The Hall–Kier alpha value is -2.87. The molecule has 2 aliphatic heterocycles. The number of hydrogen-bond acceptors (Lipinski definition) is 6. The van der Waals surface area contributed by atoms with Gasteiger partial charge in [-0.15, -0.1) is 0 Å². The zero-order chi connectivity index (χ0) is 21.8. The number of likely N-dealkylation sites (N-methyl/N-ethyl adjacent to an activating group) is 1. The number of aliphatic hydroxyl groups is 1. The van der Waals surface area contributed by atoms with Gasteiger partial charge in [0.1, 0.15) is 5.70 Å². The van der Waals surface area contributed by atoms with Crippen LogP contribution in [0.2, 0.25) is 0 Å². The first-order valence-electron chi connectivity index (χ1n) is 10.3. The van der Waals surface area contributed by atoms with E-state index in [1.165, 1.54) is 4.90 Å². The number of benzene rings is 1. The number of carbonyl (C=O) groups excluding carboxylic acids is 3. The Morgan fingerprint density at radius 2 is 1.80 bits per heavy atom. The Kier molecular flexibility index (Phi) is 6.77. The minimum absolute atomic E-state index is 0.124. The molecule has 3 rings (SSSR count). The molecule has 0 aliphatic carbocycles. The Balaban J connectivity index is 1.86. The summed E-state index contributed by atoms with van der Waals surface area (Å²) in [5.41, 5.74) is 2.42. The molecule has 0 unspecified atom stereocenters. The number of aryl methyl sites for hydroxylation is 1. The summed E-state index contributed by atoms with van der Waals surface area (Å²) >= 11 is 0. The fourth-order valence-electron chi connectivity index (χ4n) is 3.98. The Labute approximate surface area is 176 Å². The monoisotopic (exact) mass is 415 g/mol. The van der Waals surface area contributed by atoms with E-state index in [2.05, 4.69) is 0 Å². The molecule has 30 heavy (non-hydrogen) atoms. The first-order chi connectivity index (χ1) is 14.4. The van der Waals surface area contributed by atoms with E-state index in [-0.39, 0.29) is 37.1 Å². The molecule has 2 aliphatic rings. The third kappa shape index (κ3) is 4.18. The molecular formula is C22H29N3O5. The predicted octanol–water partition coefficient (Wildman–Crippen LogP) is 1.62. The zero-order valence-electron chi connectivity index (χ0n) is 17.8. The number of hydrogen-bond donors (Lipinski definition) is 1. The molecule has 0 spiro atoms. The minimum atomic E-state index is -0.364. The summed E-state index contributed by atoms with van der Waals surface area (Å²) in [5.74, 6) is -0.667. The maximum Gasteiger partial charge on any atom is 0.409 e. The molecule has 2 heterocycles. The highest BCUT2D eigenvalue weighted by atomic mass is 16.6. The largest absolute Gasteiger partial charge is 0.450 e.